The summed E-state index contributed by atoms with van der Waals surface area (Å²) in [5.74, 6) is 0. The van der Waals surface area contributed by atoms with Crippen LogP contribution in [0.2, 0.25) is 0 Å². The highest BCUT2D eigenvalue weighted by Gasteiger charge is 2.21. The van der Waals surface area contributed by atoms with Gasteiger partial charge in [-0.15, -0.1) is 0 Å². The predicted molar refractivity (Wildman–Crippen MR) is 87.4 cm³/mol. The van der Waals surface area contributed by atoms with Gasteiger partial charge >= 0.3 is 0 Å². The van der Waals surface area contributed by atoms with Crippen molar-refractivity contribution in [3.63, 3.8) is 0 Å². The standard InChI is InChI=1S/C17H29N3/c1-4-11-18-13-15-7-9-16(10-8-15)20(3)17-6-5-12-19(2)14-17/h7-10,17-18H,4-6,11-14H2,1-3H3. The summed E-state index contributed by atoms with van der Waals surface area (Å²) in [6, 6.07) is 9.68. The van der Waals surface area contributed by atoms with Crippen molar-refractivity contribution < 1.29 is 0 Å². The van der Waals surface area contributed by atoms with E-state index < -0.39 is 0 Å². The van der Waals surface area contributed by atoms with Crippen molar-refractivity contribution in [2.45, 2.75) is 38.8 Å². The fraction of sp³-hybridized carbons (Fsp3) is 0.647. The Balaban J connectivity index is 1.91. The van der Waals surface area contributed by atoms with Crippen LogP contribution in [0.4, 0.5) is 5.69 Å². The Labute approximate surface area is 124 Å². The van der Waals surface area contributed by atoms with Gasteiger partial charge in [-0.25, -0.2) is 0 Å². The Kier molecular flexibility index (Phi) is 5.86. The Morgan fingerprint density at radius 3 is 2.70 bits per heavy atom. The molecule has 3 heteroatoms. The lowest BCUT2D eigenvalue weighted by Gasteiger charge is -2.37. The van der Waals surface area contributed by atoms with E-state index in [1.807, 2.05) is 0 Å². The molecule has 0 aromatic heterocycles. The van der Waals surface area contributed by atoms with Crippen LogP contribution in [0, 0.1) is 0 Å². The van der Waals surface area contributed by atoms with Crippen LogP contribution in [0.5, 0.6) is 0 Å². The Bertz CT molecular complexity index is 388. The molecule has 0 spiro atoms. The molecule has 1 aliphatic heterocycles. The molecule has 1 aromatic carbocycles. The van der Waals surface area contributed by atoms with Crippen molar-refractivity contribution in [3.05, 3.63) is 29.8 Å². The summed E-state index contributed by atoms with van der Waals surface area (Å²) in [7, 11) is 4.46. The summed E-state index contributed by atoms with van der Waals surface area (Å²) in [6.45, 7) is 6.69. The molecule has 1 heterocycles. The van der Waals surface area contributed by atoms with E-state index in [-0.39, 0.29) is 0 Å². The van der Waals surface area contributed by atoms with Crippen LogP contribution in [0.25, 0.3) is 0 Å². The van der Waals surface area contributed by atoms with E-state index >= 15 is 0 Å². The van der Waals surface area contributed by atoms with E-state index in [9.17, 15) is 0 Å². The van der Waals surface area contributed by atoms with Gasteiger partial charge in [0.05, 0.1) is 0 Å². The molecule has 112 valence electrons. The van der Waals surface area contributed by atoms with Gasteiger partial charge in [0.1, 0.15) is 0 Å². The maximum Gasteiger partial charge on any atom is 0.0414 e. The molecule has 1 N–H and O–H groups in total. The zero-order valence-electron chi connectivity index (χ0n) is 13.2. The van der Waals surface area contributed by atoms with Crippen molar-refractivity contribution in [2.24, 2.45) is 0 Å². The highest BCUT2D eigenvalue weighted by molar-refractivity contribution is 5.48. The minimum absolute atomic E-state index is 0.651. The van der Waals surface area contributed by atoms with E-state index in [1.165, 1.54) is 43.6 Å². The summed E-state index contributed by atoms with van der Waals surface area (Å²) in [5.41, 5.74) is 2.71. The first kappa shape index (κ1) is 15.3. The fourth-order valence-electron chi connectivity index (χ4n) is 2.92. The average molecular weight is 275 g/mol. The molecule has 0 radical (unpaired) electrons. The van der Waals surface area contributed by atoms with Gasteiger partial charge in [0.2, 0.25) is 0 Å². The Morgan fingerprint density at radius 2 is 2.05 bits per heavy atom. The van der Waals surface area contributed by atoms with Gasteiger partial charge in [-0.2, -0.15) is 0 Å². The first-order chi connectivity index (χ1) is 9.70. The van der Waals surface area contributed by atoms with Crippen molar-refractivity contribution in [3.8, 4) is 0 Å². The van der Waals surface area contributed by atoms with Crippen molar-refractivity contribution >= 4 is 5.69 Å². The number of hydrogen-bond acceptors (Lipinski definition) is 3. The third-order valence-electron chi connectivity index (χ3n) is 4.25. The van der Waals surface area contributed by atoms with Gasteiger partial charge in [0.25, 0.3) is 0 Å². The second-order valence-electron chi connectivity index (χ2n) is 6.01. The highest BCUT2D eigenvalue weighted by atomic mass is 15.2. The molecule has 2 rings (SSSR count). The van der Waals surface area contributed by atoms with Crippen molar-refractivity contribution in [1.82, 2.24) is 10.2 Å². The molecule has 0 bridgehead atoms. The van der Waals surface area contributed by atoms with E-state index in [2.05, 4.69) is 60.4 Å². The third kappa shape index (κ3) is 4.22. The largest absolute Gasteiger partial charge is 0.370 e. The van der Waals surface area contributed by atoms with Gasteiger partial charge < -0.3 is 15.1 Å². The average Bonchev–Trinajstić information content (AvgIpc) is 2.47. The number of nitrogens with one attached hydrogen (secondary N) is 1. The number of anilines is 1. The number of nitrogens with zero attached hydrogens (tertiary/aromatic N) is 2. The second kappa shape index (κ2) is 7.65. The van der Waals surface area contributed by atoms with Crippen LogP contribution in [0.15, 0.2) is 24.3 Å². The van der Waals surface area contributed by atoms with Gasteiger partial charge in [0.15, 0.2) is 0 Å². The fourth-order valence-corrected chi connectivity index (χ4v) is 2.92. The van der Waals surface area contributed by atoms with Crippen LogP contribution in [-0.4, -0.2) is 44.7 Å². The van der Waals surface area contributed by atoms with Crippen molar-refractivity contribution in [1.29, 1.82) is 0 Å². The lowest BCUT2D eigenvalue weighted by atomic mass is 10.0. The van der Waals surface area contributed by atoms with Crippen LogP contribution in [0.3, 0.4) is 0 Å². The van der Waals surface area contributed by atoms with Gasteiger partial charge in [-0.1, -0.05) is 19.1 Å². The molecule has 1 aliphatic rings. The highest BCUT2D eigenvalue weighted by Crippen LogP contribution is 2.21. The number of rotatable bonds is 6. The van der Waals surface area contributed by atoms with Crippen LogP contribution < -0.4 is 10.2 Å². The molecule has 20 heavy (non-hydrogen) atoms. The molecule has 0 aliphatic carbocycles. The number of hydrogen-bond donors (Lipinski definition) is 1. The van der Waals surface area contributed by atoms with Gasteiger partial charge in [0, 0.05) is 31.9 Å². The molecule has 0 amide bonds. The van der Waals surface area contributed by atoms with E-state index in [0.717, 1.165) is 13.1 Å². The molecular weight excluding hydrogens is 246 g/mol. The van der Waals surface area contributed by atoms with E-state index in [0.29, 0.717) is 6.04 Å². The quantitative estimate of drug-likeness (QED) is 0.805. The first-order valence-corrected chi connectivity index (χ1v) is 7.91. The van der Waals surface area contributed by atoms with E-state index in [4.69, 9.17) is 0 Å². The Hall–Kier alpha value is -1.06. The number of piperidine rings is 1. The van der Waals surface area contributed by atoms with E-state index in [1.54, 1.807) is 0 Å². The Morgan fingerprint density at radius 1 is 1.30 bits per heavy atom. The molecule has 1 aromatic rings. The molecule has 0 saturated carbocycles. The smallest absolute Gasteiger partial charge is 0.0414 e. The maximum absolute atomic E-state index is 3.45. The predicted octanol–water partition coefficient (Wildman–Crippen LogP) is 2.72. The van der Waals surface area contributed by atoms with Crippen LogP contribution in [-0.2, 0) is 6.54 Å². The topological polar surface area (TPSA) is 18.5 Å². The summed E-state index contributed by atoms with van der Waals surface area (Å²) in [4.78, 5) is 4.88. The summed E-state index contributed by atoms with van der Waals surface area (Å²) < 4.78 is 0. The first-order valence-electron chi connectivity index (χ1n) is 7.91. The van der Waals surface area contributed by atoms with Crippen LogP contribution in [0.1, 0.15) is 31.7 Å². The zero-order chi connectivity index (χ0) is 14.4. The molecule has 1 unspecified atom stereocenters. The van der Waals surface area contributed by atoms with Crippen LogP contribution >= 0.6 is 0 Å². The zero-order valence-corrected chi connectivity index (χ0v) is 13.2. The molecule has 3 nitrogen and oxygen atoms in total. The number of benzene rings is 1. The molecule has 1 fully saturated rings. The monoisotopic (exact) mass is 275 g/mol. The van der Waals surface area contributed by atoms with Crippen molar-refractivity contribution in [2.75, 3.05) is 38.6 Å². The summed E-state index contributed by atoms with van der Waals surface area (Å²) in [5, 5.41) is 3.45. The van der Waals surface area contributed by atoms with Gasteiger partial charge in [-0.05, 0) is 57.1 Å². The second-order valence-corrected chi connectivity index (χ2v) is 6.01. The maximum atomic E-state index is 3.45. The molecule has 1 atom stereocenters. The SMILES string of the molecule is CCCNCc1ccc(N(C)C2CCCN(C)C2)cc1. The molecular formula is C17H29N3. The minimum atomic E-state index is 0.651. The summed E-state index contributed by atoms with van der Waals surface area (Å²) in [6.07, 6.45) is 3.81. The lowest BCUT2D eigenvalue weighted by Crippen LogP contribution is -2.45. The van der Waals surface area contributed by atoms with Gasteiger partial charge in [-0.3, -0.25) is 0 Å². The third-order valence-corrected chi connectivity index (χ3v) is 4.25. The summed E-state index contributed by atoms with van der Waals surface area (Å²) >= 11 is 0. The normalized spacial score (nSPS) is 20.1. The lowest BCUT2D eigenvalue weighted by molar-refractivity contribution is 0.248. The number of likely N-dealkylation sites (tertiary alicyclic amines) is 1. The molecule has 1 saturated heterocycles. The number of likely N-dealkylation sites (N-methyl/N-ethyl adjacent to an activating group) is 2. The minimum Gasteiger partial charge on any atom is -0.370 e.